The number of carbonyl (C=O) groups excluding carboxylic acids is 1. The van der Waals surface area contributed by atoms with E-state index in [4.69, 9.17) is 4.74 Å². The number of fused-ring (bicyclic) bond motifs is 1. The number of H-pyrrole nitrogens is 1. The maximum Gasteiger partial charge on any atom is 0.414 e. The number of aromatic nitrogens is 2. The van der Waals surface area contributed by atoms with E-state index in [1.807, 2.05) is 31.2 Å². The molecule has 1 unspecified atom stereocenters. The molecule has 5 rings (SSSR count). The van der Waals surface area contributed by atoms with Gasteiger partial charge < -0.3 is 9.64 Å². The Morgan fingerprint density at radius 2 is 2.00 bits per heavy atom. The molecule has 142 valence electrons. The van der Waals surface area contributed by atoms with Crippen LogP contribution in [0.1, 0.15) is 18.1 Å². The highest BCUT2D eigenvalue weighted by Gasteiger charge is 2.30. The Hall–Kier alpha value is -3.35. The predicted octanol–water partition coefficient (Wildman–Crippen LogP) is 4.08. The van der Waals surface area contributed by atoms with Crippen molar-refractivity contribution < 1.29 is 13.9 Å². The van der Waals surface area contributed by atoms with Crippen LogP contribution in [0.3, 0.4) is 0 Å². The highest BCUT2D eigenvalue weighted by molar-refractivity contribution is 5.90. The highest BCUT2D eigenvalue weighted by atomic mass is 19.1. The van der Waals surface area contributed by atoms with Crippen LogP contribution in [0.4, 0.5) is 20.7 Å². The molecule has 3 heterocycles. The van der Waals surface area contributed by atoms with Crippen LogP contribution in [0.2, 0.25) is 0 Å². The number of amides is 1. The molecule has 2 aliphatic rings. The third-order valence-corrected chi connectivity index (χ3v) is 5.29. The second kappa shape index (κ2) is 6.37. The largest absolute Gasteiger partial charge is 0.444 e. The first-order valence-corrected chi connectivity index (χ1v) is 9.23. The molecule has 1 atom stereocenters. The molecule has 0 spiro atoms. The summed E-state index contributed by atoms with van der Waals surface area (Å²) < 4.78 is 20.0. The molecule has 1 N–H and O–H groups in total. The number of nitrogens with one attached hydrogen (secondary N) is 1. The average Bonchev–Trinajstić information content (AvgIpc) is 3.40. The molecular formula is C21H19FN4O2. The number of rotatable bonds is 3. The Bertz CT molecular complexity index is 1050. The third kappa shape index (κ3) is 2.79. The van der Waals surface area contributed by atoms with E-state index < -0.39 is 6.09 Å². The van der Waals surface area contributed by atoms with E-state index in [2.05, 4.69) is 15.1 Å². The second-order valence-electron chi connectivity index (χ2n) is 7.25. The molecule has 6 nitrogen and oxygen atoms in total. The standard InChI is InChI=1S/C21H19FN4O2/c1-13-10-26(21(27)28-13)17-4-5-18(19(22)9-17)14-2-3-15-11-25(12-16(15)8-14)20-6-7-23-24-20/h2-9,13H,10-12H2,1H3,(H,23,24). The van der Waals surface area contributed by atoms with Crippen molar-refractivity contribution in [3.8, 4) is 11.1 Å². The van der Waals surface area contributed by atoms with Crippen molar-refractivity contribution in [1.29, 1.82) is 0 Å². The van der Waals surface area contributed by atoms with Gasteiger partial charge in [0.05, 0.1) is 18.4 Å². The van der Waals surface area contributed by atoms with Crippen LogP contribution in [0.5, 0.6) is 0 Å². The number of hydrogen-bond donors (Lipinski definition) is 1. The molecule has 0 aliphatic carbocycles. The van der Waals surface area contributed by atoms with Gasteiger partial charge in [-0.25, -0.2) is 9.18 Å². The molecule has 0 radical (unpaired) electrons. The lowest BCUT2D eigenvalue weighted by molar-refractivity contribution is 0.150. The topological polar surface area (TPSA) is 61.5 Å². The van der Waals surface area contributed by atoms with Crippen LogP contribution < -0.4 is 9.80 Å². The summed E-state index contributed by atoms with van der Waals surface area (Å²) in [6.07, 6.45) is 1.11. The lowest BCUT2D eigenvalue weighted by atomic mass is 10.00. The van der Waals surface area contributed by atoms with E-state index >= 15 is 0 Å². The van der Waals surface area contributed by atoms with E-state index in [1.54, 1.807) is 18.3 Å². The van der Waals surface area contributed by atoms with Crippen molar-refractivity contribution >= 4 is 17.6 Å². The molecule has 28 heavy (non-hydrogen) atoms. The maximum absolute atomic E-state index is 14.9. The van der Waals surface area contributed by atoms with Crippen LogP contribution >= 0.6 is 0 Å². The fourth-order valence-corrected chi connectivity index (χ4v) is 3.88. The van der Waals surface area contributed by atoms with Crippen LogP contribution in [-0.4, -0.2) is 28.9 Å². The quantitative estimate of drug-likeness (QED) is 0.746. The number of hydrogen-bond acceptors (Lipinski definition) is 4. The monoisotopic (exact) mass is 378 g/mol. The lowest BCUT2D eigenvalue weighted by Crippen LogP contribution is -2.24. The molecular weight excluding hydrogens is 359 g/mol. The zero-order valence-corrected chi connectivity index (χ0v) is 15.4. The van der Waals surface area contributed by atoms with Crippen molar-refractivity contribution in [2.45, 2.75) is 26.1 Å². The maximum atomic E-state index is 14.9. The minimum atomic E-state index is -0.434. The number of nitrogens with zero attached hydrogens (tertiary/aromatic N) is 3. The summed E-state index contributed by atoms with van der Waals surface area (Å²) in [5.41, 5.74) is 4.26. The van der Waals surface area contributed by atoms with Gasteiger partial charge in [-0.3, -0.25) is 10.00 Å². The molecule has 1 fully saturated rings. The molecule has 3 aromatic rings. The van der Waals surface area contributed by atoms with Gasteiger partial charge in [0, 0.05) is 24.7 Å². The summed E-state index contributed by atoms with van der Waals surface area (Å²) in [4.78, 5) is 15.5. The number of ether oxygens (including phenoxy) is 1. The Labute approximate surface area is 161 Å². The van der Waals surface area contributed by atoms with Gasteiger partial charge in [-0.15, -0.1) is 0 Å². The first-order chi connectivity index (χ1) is 13.6. The molecule has 0 bridgehead atoms. The SMILES string of the molecule is CC1CN(c2ccc(-c3ccc4c(c3)CN(c3ccn[nH]3)C4)c(F)c2)C(=O)O1. The van der Waals surface area contributed by atoms with Gasteiger partial charge in [0.1, 0.15) is 17.7 Å². The van der Waals surface area contributed by atoms with Crippen LogP contribution in [0.25, 0.3) is 11.1 Å². The Balaban J connectivity index is 1.42. The van der Waals surface area contributed by atoms with E-state index in [0.717, 1.165) is 24.5 Å². The zero-order valence-electron chi connectivity index (χ0n) is 15.4. The molecule has 1 aromatic heterocycles. The third-order valence-electron chi connectivity index (χ3n) is 5.29. The summed E-state index contributed by atoms with van der Waals surface area (Å²) in [7, 11) is 0. The normalized spacial score (nSPS) is 18.5. The number of benzene rings is 2. The number of aromatic amines is 1. The van der Waals surface area contributed by atoms with E-state index in [0.29, 0.717) is 17.8 Å². The number of anilines is 2. The predicted molar refractivity (Wildman–Crippen MR) is 104 cm³/mol. The lowest BCUT2D eigenvalue weighted by Gasteiger charge is -2.14. The molecule has 2 aromatic carbocycles. The minimum Gasteiger partial charge on any atom is -0.444 e. The molecule has 1 amide bonds. The van der Waals surface area contributed by atoms with E-state index in [-0.39, 0.29) is 11.9 Å². The van der Waals surface area contributed by atoms with Crippen molar-refractivity contribution in [2.24, 2.45) is 0 Å². The fourth-order valence-electron chi connectivity index (χ4n) is 3.88. The number of cyclic esters (lactones) is 1. The Morgan fingerprint density at radius 1 is 1.14 bits per heavy atom. The number of carbonyl (C=O) groups is 1. The molecule has 2 aliphatic heterocycles. The average molecular weight is 378 g/mol. The first kappa shape index (κ1) is 16.8. The van der Waals surface area contributed by atoms with Gasteiger partial charge in [0.2, 0.25) is 0 Å². The first-order valence-electron chi connectivity index (χ1n) is 9.23. The summed E-state index contributed by atoms with van der Waals surface area (Å²) in [5.74, 6) is 0.619. The fraction of sp³-hybridized carbons (Fsp3) is 0.238. The van der Waals surface area contributed by atoms with E-state index in [1.165, 1.54) is 22.1 Å². The van der Waals surface area contributed by atoms with Gasteiger partial charge in [0.25, 0.3) is 0 Å². The van der Waals surface area contributed by atoms with Crippen LogP contribution in [-0.2, 0) is 17.8 Å². The van der Waals surface area contributed by atoms with Gasteiger partial charge in [-0.2, -0.15) is 5.10 Å². The molecule has 0 saturated carbocycles. The van der Waals surface area contributed by atoms with Crippen molar-refractivity contribution in [1.82, 2.24) is 10.2 Å². The number of halogens is 1. The Kier molecular flexibility index (Phi) is 3.82. The smallest absolute Gasteiger partial charge is 0.414 e. The summed E-state index contributed by atoms with van der Waals surface area (Å²) >= 11 is 0. The van der Waals surface area contributed by atoms with Crippen molar-refractivity contribution in [3.05, 3.63) is 65.6 Å². The van der Waals surface area contributed by atoms with Gasteiger partial charge >= 0.3 is 6.09 Å². The summed E-state index contributed by atoms with van der Waals surface area (Å²) in [5, 5.41) is 6.99. The van der Waals surface area contributed by atoms with Crippen molar-refractivity contribution in [2.75, 3.05) is 16.3 Å². The zero-order chi connectivity index (χ0) is 19.3. The molecule has 1 saturated heterocycles. The minimum absolute atomic E-state index is 0.190. The van der Waals surface area contributed by atoms with Crippen LogP contribution in [0, 0.1) is 5.82 Å². The van der Waals surface area contributed by atoms with Gasteiger partial charge in [-0.1, -0.05) is 12.1 Å². The Morgan fingerprint density at radius 3 is 2.71 bits per heavy atom. The highest BCUT2D eigenvalue weighted by Crippen LogP contribution is 2.33. The van der Waals surface area contributed by atoms with Gasteiger partial charge in [-0.05, 0) is 47.9 Å². The second-order valence-corrected chi connectivity index (χ2v) is 7.25. The van der Waals surface area contributed by atoms with Crippen molar-refractivity contribution in [3.63, 3.8) is 0 Å². The summed E-state index contributed by atoms with van der Waals surface area (Å²) in [6.45, 7) is 3.80. The summed E-state index contributed by atoms with van der Waals surface area (Å²) in [6, 6.07) is 12.9. The van der Waals surface area contributed by atoms with Crippen LogP contribution in [0.15, 0.2) is 48.7 Å². The van der Waals surface area contributed by atoms with Gasteiger partial charge in [0.15, 0.2) is 0 Å². The molecule has 7 heteroatoms. The van der Waals surface area contributed by atoms with E-state index in [9.17, 15) is 9.18 Å².